The van der Waals surface area contributed by atoms with E-state index in [1.54, 1.807) is 12.4 Å². The number of rotatable bonds is 6. The second-order valence-corrected chi connectivity index (χ2v) is 5.23. The SMILES string of the molecule is O=C(CCc1cnn(-c2ccccc2)c1)NCc1ccccn1. The summed E-state index contributed by atoms with van der Waals surface area (Å²) in [5, 5.41) is 7.21. The molecule has 23 heavy (non-hydrogen) atoms. The van der Waals surface area contributed by atoms with Crippen molar-refractivity contribution in [2.24, 2.45) is 0 Å². The number of nitrogens with zero attached hydrogens (tertiary/aromatic N) is 3. The van der Waals surface area contributed by atoms with Crippen molar-refractivity contribution in [2.45, 2.75) is 19.4 Å². The van der Waals surface area contributed by atoms with Gasteiger partial charge in [-0.3, -0.25) is 9.78 Å². The van der Waals surface area contributed by atoms with Crippen LogP contribution in [0.2, 0.25) is 0 Å². The second kappa shape index (κ2) is 7.35. The Hall–Kier alpha value is -2.95. The minimum absolute atomic E-state index is 0.0168. The predicted octanol–water partition coefficient (Wildman–Crippen LogP) is 2.52. The summed E-state index contributed by atoms with van der Waals surface area (Å²) in [6, 6.07) is 15.6. The lowest BCUT2D eigenvalue weighted by atomic mass is 10.2. The average Bonchev–Trinajstić information content (AvgIpc) is 3.09. The predicted molar refractivity (Wildman–Crippen MR) is 88.0 cm³/mol. The van der Waals surface area contributed by atoms with Crippen LogP contribution in [0.25, 0.3) is 5.69 Å². The topological polar surface area (TPSA) is 59.8 Å². The van der Waals surface area contributed by atoms with E-state index in [-0.39, 0.29) is 5.91 Å². The van der Waals surface area contributed by atoms with E-state index in [9.17, 15) is 4.79 Å². The van der Waals surface area contributed by atoms with E-state index in [0.717, 1.165) is 16.9 Å². The Kier molecular flexibility index (Phi) is 4.79. The van der Waals surface area contributed by atoms with Crippen LogP contribution in [-0.4, -0.2) is 20.7 Å². The number of benzene rings is 1. The number of hydrogen-bond donors (Lipinski definition) is 1. The lowest BCUT2D eigenvalue weighted by Crippen LogP contribution is -2.23. The number of para-hydroxylation sites is 1. The summed E-state index contributed by atoms with van der Waals surface area (Å²) in [7, 11) is 0. The van der Waals surface area contributed by atoms with Gasteiger partial charge in [0, 0.05) is 18.8 Å². The van der Waals surface area contributed by atoms with Gasteiger partial charge >= 0.3 is 0 Å². The van der Waals surface area contributed by atoms with Crippen LogP contribution in [0.5, 0.6) is 0 Å². The maximum Gasteiger partial charge on any atom is 0.220 e. The molecule has 0 saturated heterocycles. The van der Waals surface area contributed by atoms with Crippen molar-refractivity contribution >= 4 is 5.91 Å². The smallest absolute Gasteiger partial charge is 0.220 e. The summed E-state index contributed by atoms with van der Waals surface area (Å²) in [6.07, 6.45) is 6.59. The van der Waals surface area contributed by atoms with Crippen molar-refractivity contribution in [3.63, 3.8) is 0 Å². The summed E-state index contributed by atoms with van der Waals surface area (Å²) in [4.78, 5) is 16.1. The van der Waals surface area contributed by atoms with Gasteiger partial charge in [0.05, 0.1) is 24.1 Å². The molecule has 5 heteroatoms. The van der Waals surface area contributed by atoms with Gasteiger partial charge in [0.1, 0.15) is 0 Å². The molecule has 1 aromatic carbocycles. The molecule has 0 saturated carbocycles. The van der Waals surface area contributed by atoms with Crippen LogP contribution in [0, 0.1) is 0 Å². The molecule has 0 aliphatic carbocycles. The van der Waals surface area contributed by atoms with Crippen molar-refractivity contribution in [1.29, 1.82) is 0 Å². The number of hydrogen-bond acceptors (Lipinski definition) is 3. The number of carbonyl (C=O) groups is 1. The highest BCUT2D eigenvalue weighted by atomic mass is 16.1. The number of pyridine rings is 1. The first-order valence-electron chi connectivity index (χ1n) is 7.57. The third-order valence-corrected chi connectivity index (χ3v) is 3.49. The number of carbonyl (C=O) groups excluding carboxylic acids is 1. The first kappa shape index (κ1) is 15.0. The second-order valence-electron chi connectivity index (χ2n) is 5.23. The van der Waals surface area contributed by atoms with Gasteiger partial charge in [0.25, 0.3) is 0 Å². The number of aromatic nitrogens is 3. The van der Waals surface area contributed by atoms with Crippen LogP contribution in [0.15, 0.2) is 67.1 Å². The molecule has 5 nitrogen and oxygen atoms in total. The van der Waals surface area contributed by atoms with Crippen LogP contribution >= 0.6 is 0 Å². The quantitative estimate of drug-likeness (QED) is 0.761. The highest BCUT2D eigenvalue weighted by molar-refractivity contribution is 5.76. The van der Waals surface area contributed by atoms with Crippen molar-refractivity contribution in [2.75, 3.05) is 0 Å². The monoisotopic (exact) mass is 306 g/mol. The molecule has 0 bridgehead atoms. The van der Waals surface area contributed by atoms with Gasteiger partial charge in [-0.15, -0.1) is 0 Å². The van der Waals surface area contributed by atoms with Crippen LogP contribution in [0.3, 0.4) is 0 Å². The summed E-state index contributed by atoms with van der Waals surface area (Å²) >= 11 is 0. The van der Waals surface area contributed by atoms with Gasteiger partial charge in [0.2, 0.25) is 5.91 Å². The molecule has 0 radical (unpaired) electrons. The maximum atomic E-state index is 11.9. The van der Waals surface area contributed by atoms with Gasteiger partial charge < -0.3 is 5.32 Å². The van der Waals surface area contributed by atoms with Gasteiger partial charge in [-0.05, 0) is 36.2 Å². The normalized spacial score (nSPS) is 10.4. The van der Waals surface area contributed by atoms with Crippen LogP contribution in [-0.2, 0) is 17.8 Å². The van der Waals surface area contributed by atoms with Crippen LogP contribution in [0.4, 0.5) is 0 Å². The fourth-order valence-electron chi connectivity index (χ4n) is 2.25. The summed E-state index contributed by atoms with van der Waals surface area (Å²) in [5.74, 6) is 0.0168. The molecule has 0 unspecified atom stereocenters. The van der Waals surface area contributed by atoms with E-state index in [0.29, 0.717) is 19.4 Å². The van der Waals surface area contributed by atoms with Crippen LogP contribution in [0.1, 0.15) is 17.7 Å². The van der Waals surface area contributed by atoms with Gasteiger partial charge in [0.15, 0.2) is 0 Å². The van der Waals surface area contributed by atoms with E-state index < -0.39 is 0 Å². The zero-order valence-corrected chi connectivity index (χ0v) is 12.7. The summed E-state index contributed by atoms with van der Waals surface area (Å²) in [5.41, 5.74) is 2.91. The average molecular weight is 306 g/mol. The fraction of sp³-hybridized carbons (Fsp3) is 0.167. The molecule has 0 aliphatic heterocycles. The Morgan fingerprint density at radius 1 is 1.09 bits per heavy atom. The van der Waals surface area contributed by atoms with Crippen molar-refractivity contribution in [3.8, 4) is 5.69 Å². The Labute approximate surface area is 135 Å². The first-order valence-corrected chi connectivity index (χ1v) is 7.57. The van der Waals surface area contributed by atoms with E-state index in [4.69, 9.17) is 0 Å². The van der Waals surface area contributed by atoms with E-state index in [2.05, 4.69) is 15.4 Å². The Bertz CT molecular complexity index is 753. The molecule has 2 aromatic heterocycles. The summed E-state index contributed by atoms with van der Waals surface area (Å²) in [6.45, 7) is 0.461. The van der Waals surface area contributed by atoms with Crippen molar-refractivity contribution in [3.05, 3.63) is 78.4 Å². The minimum Gasteiger partial charge on any atom is -0.350 e. The Morgan fingerprint density at radius 2 is 1.91 bits per heavy atom. The molecule has 3 rings (SSSR count). The van der Waals surface area contributed by atoms with Gasteiger partial charge in [-0.2, -0.15) is 5.10 Å². The number of nitrogens with one attached hydrogen (secondary N) is 1. The Balaban J connectivity index is 1.49. The Morgan fingerprint density at radius 3 is 2.70 bits per heavy atom. The minimum atomic E-state index is 0.0168. The lowest BCUT2D eigenvalue weighted by Gasteiger charge is -2.04. The maximum absolute atomic E-state index is 11.9. The molecule has 1 amide bonds. The van der Waals surface area contributed by atoms with Gasteiger partial charge in [-0.1, -0.05) is 24.3 Å². The molecule has 0 atom stereocenters. The molecule has 0 spiro atoms. The molecular weight excluding hydrogens is 288 g/mol. The first-order chi connectivity index (χ1) is 11.3. The van der Waals surface area contributed by atoms with E-state index in [1.807, 2.05) is 59.4 Å². The highest BCUT2D eigenvalue weighted by Crippen LogP contribution is 2.09. The van der Waals surface area contributed by atoms with Crippen molar-refractivity contribution < 1.29 is 4.79 Å². The fourth-order valence-corrected chi connectivity index (χ4v) is 2.25. The zero-order valence-electron chi connectivity index (χ0n) is 12.7. The van der Waals surface area contributed by atoms with Crippen molar-refractivity contribution in [1.82, 2.24) is 20.1 Å². The summed E-state index contributed by atoms with van der Waals surface area (Å²) < 4.78 is 1.82. The van der Waals surface area contributed by atoms with E-state index in [1.165, 1.54) is 0 Å². The largest absolute Gasteiger partial charge is 0.350 e. The third kappa shape index (κ3) is 4.26. The van der Waals surface area contributed by atoms with E-state index >= 15 is 0 Å². The lowest BCUT2D eigenvalue weighted by molar-refractivity contribution is -0.121. The molecule has 3 aromatic rings. The molecule has 2 heterocycles. The number of amides is 1. The standard InChI is InChI=1S/C18H18N4O/c23-18(20-13-16-6-4-5-11-19-16)10-9-15-12-21-22(14-15)17-7-2-1-3-8-17/h1-8,11-12,14H,9-10,13H2,(H,20,23). The molecule has 1 N–H and O–H groups in total. The molecule has 0 fully saturated rings. The molecule has 0 aliphatic rings. The molecular formula is C18H18N4O. The highest BCUT2D eigenvalue weighted by Gasteiger charge is 2.05. The van der Waals surface area contributed by atoms with Gasteiger partial charge in [-0.25, -0.2) is 4.68 Å². The zero-order chi connectivity index (χ0) is 15.9. The van der Waals surface area contributed by atoms with Crippen LogP contribution < -0.4 is 5.32 Å². The number of aryl methyl sites for hydroxylation is 1. The molecule has 116 valence electrons. The third-order valence-electron chi connectivity index (χ3n) is 3.49.